The first-order chi connectivity index (χ1) is 19.8. The SMILES string of the molecule is CO[C@@H]1[C@H](O)[C@H](O[C@@H]2C[C@@H]3CC[C@@H]4[C@H](CC[C@]5(C)[C@@H](C6=CC(=O)OC6)CC[C@@]45O)[C@@]3(C)[C@H](OC(C)=O)C2)O[C@H](C)[C@H]1O. The molecule has 1 saturated heterocycles. The topological polar surface area (TPSA) is 141 Å². The second-order valence-corrected chi connectivity index (χ2v) is 14.4. The summed E-state index contributed by atoms with van der Waals surface area (Å²) < 4.78 is 28.9. The molecule has 236 valence electrons. The van der Waals surface area contributed by atoms with Crippen molar-refractivity contribution in [3.05, 3.63) is 11.6 Å². The lowest BCUT2D eigenvalue weighted by atomic mass is 9.42. The maximum atomic E-state index is 12.6. The Kier molecular flexibility index (Phi) is 7.84. The van der Waals surface area contributed by atoms with Crippen molar-refractivity contribution in [2.24, 2.45) is 34.5 Å². The van der Waals surface area contributed by atoms with Gasteiger partial charge in [0.05, 0.1) is 17.8 Å². The van der Waals surface area contributed by atoms with Gasteiger partial charge in [-0.3, -0.25) is 4.79 Å². The molecule has 0 radical (unpaired) electrons. The van der Waals surface area contributed by atoms with E-state index in [1.54, 1.807) is 13.0 Å². The highest BCUT2D eigenvalue weighted by Crippen LogP contribution is 2.70. The van der Waals surface area contributed by atoms with Crippen LogP contribution in [0.1, 0.15) is 79.1 Å². The molecule has 4 aliphatic carbocycles. The number of carbonyl (C=O) groups is 2. The van der Waals surface area contributed by atoms with Crippen LogP contribution < -0.4 is 0 Å². The Labute approximate surface area is 248 Å². The Morgan fingerprint density at radius 1 is 1.05 bits per heavy atom. The van der Waals surface area contributed by atoms with Crippen molar-refractivity contribution in [2.45, 2.75) is 128 Å². The average molecular weight is 593 g/mol. The van der Waals surface area contributed by atoms with Gasteiger partial charge in [0, 0.05) is 37.4 Å². The van der Waals surface area contributed by atoms with E-state index in [0.29, 0.717) is 19.4 Å². The van der Waals surface area contributed by atoms with Crippen LogP contribution in [0.15, 0.2) is 11.6 Å². The van der Waals surface area contributed by atoms with Crippen LogP contribution in [-0.4, -0.2) is 89.5 Å². The quantitative estimate of drug-likeness (QED) is 0.322. The molecule has 14 atom stereocenters. The van der Waals surface area contributed by atoms with Gasteiger partial charge in [0.25, 0.3) is 0 Å². The zero-order valence-corrected chi connectivity index (χ0v) is 25.5. The molecular formula is C32H48O10. The molecule has 6 aliphatic rings. The van der Waals surface area contributed by atoms with Gasteiger partial charge in [-0.2, -0.15) is 0 Å². The molecule has 0 spiro atoms. The molecule has 0 aromatic heterocycles. The molecule has 42 heavy (non-hydrogen) atoms. The van der Waals surface area contributed by atoms with Crippen molar-refractivity contribution < 1.29 is 48.6 Å². The number of aliphatic hydroxyl groups excluding tert-OH is 2. The van der Waals surface area contributed by atoms with Crippen LogP contribution in [0.5, 0.6) is 0 Å². The van der Waals surface area contributed by atoms with E-state index in [9.17, 15) is 24.9 Å². The maximum Gasteiger partial charge on any atom is 0.331 e. The van der Waals surface area contributed by atoms with Crippen molar-refractivity contribution in [2.75, 3.05) is 13.7 Å². The number of ether oxygens (including phenoxy) is 5. The summed E-state index contributed by atoms with van der Waals surface area (Å²) in [5, 5.41) is 33.8. The van der Waals surface area contributed by atoms with E-state index in [1.807, 2.05) is 0 Å². The van der Waals surface area contributed by atoms with E-state index in [4.69, 9.17) is 23.7 Å². The van der Waals surface area contributed by atoms with E-state index in [1.165, 1.54) is 14.0 Å². The van der Waals surface area contributed by atoms with Gasteiger partial charge in [-0.15, -0.1) is 0 Å². The lowest BCUT2D eigenvalue weighted by molar-refractivity contribution is -0.318. The number of aliphatic hydroxyl groups is 3. The van der Waals surface area contributed by atoms with Gasteiger partial charge in [-0.1, -0.05) is 13.8 Å². The molecule has 0 bridgehead atoms. The standard InChI is InChI=1S/C32H48O10/c1-16-26(35)28(38-5)27(36)29(40-16)42-20-13-19-6-7-23-22(31(19,4)24(14-20)41-17(2)33)8-10-30(3)21(9-11-32(23,30)37)18-12-25(34)39-15-18/h12,16,19-24,26-29,35-37H,6-11,13-15H2,1-5H3/t16-,19+,20-,21-,22+,23-,24-,26-,27+,28+,29+,30-,31+,32-/m1/s1. The van der Waals surface area contributed by atoms with E-state index in [0.717, 1.165) is 44.1 Å². The van der Waals surface area contributed by atoms with Crippen LogP contribution in [-0.2, 0) is 33.3 Å². The van der Waals surface area contributed by atoms with Crippen LogP contribution in [0.4, 0.5) is 0 Å². The van der Waals surface area contributed by atoms with Gasteiger partial charge in [0.15, 0.2) is 6.29 Å². The number of fused-ring (bicyclic) bond motifs is 5. The summed E-state index contributed by atoms with van der Waals surface area (Å²) in [4.78, 5) is 24.3. The Morgan fingerprint density at radius 3 is 2.48 bits per heavy atom. The maximum absolute atomic E-state index is 12.6. The van der Waals surface area contributed by atoms with E-state index < -0.39 is 42.4 Å². The minimum absolute atomic E-state index is 0.0601. The summed E-state index contributed by atoms with van der Waals surface area (Å²) in [5.41, 5.74) is -0.555. The smallest absolute Gasteiger partial charge is 0.331 e. The van der Waals surface area contributed by atoms with E-state index >= 15 is 0 Å². The minimum atomic E-state index is -1.16. The van der Waals surface area contributed by atoms with Crippen molar-refractivity contribution >= 4 is 11.9 Å². The third-order valence-corrected chi connectivity index (χ3v) is 12.7. The normalized spacial score (nSPS) is 52.0. The molecule has 0 aromatic rings. The van der Waals surface area contributed by atoms with Crippen LogP contribution in [0.3, 0.4) is 0 Å². The molecule has 0 amide bonds. The van der Waals surface area contributed by atoms with Crippen LogP contribution in [0.2, 0.25) is 0 Å². The average Bonchev–Trinajstić information content (AvgIpc) is 3.47. The molecule has 5 fully saturated rings. The van der Waals surface area contributed by atoms with E-state index in [-0.39, 0.29) is 52.5 Å². The summed E-state index contributed by atoms with van der Waals surface area (Å²) in [7, 11) is 1.45. The van der Waals surface area contributed by atoms with Crippen LogP contribution in [0.25, 0.3) is 0 Å². The highest BCUT2D eigenvalue weighted by molar-refractivity contribution is 5.85. The third kappa shape index (κ3) is 4.50. The van der Waals surface area contributed by atoms with Gasteiger partial charge in [-0.05, 0) is 81.1 Å². The second-order valence-electron chi connectivity index (χ2n) is 14.4. The summed E-state index contributed by atoms with van der Waals surface area (Å²) in [5.74, 6) is -0.0945. The summed E-state index contributed by atoms with van der Waals surface area (Å²) in [6, 6.07) is 0. The first-order valence-electron chi connectivity index (χ1n) is 15.8. The van der Waals surface area contributed by atoms with Crippen LogP contribution in [0, 0.1) is 34.5 Å². The fraction of sp³-hybridized carbons (Fsp3) is 0.875. The molecule has 0 aromatic carbocycles. The van der Waals surface area contributed by atoms with Gasteiger partial charge in [0.2, 0.25) is 0 Å². The fourth-order valence-corrected chi connectivity index (χ4v) is 10.5. The number of hydrogen-bond acceptors (Lipinski definition) is 10. The monoisotopic (exact) mass is 592 g/mol. The minimum Gasteiger partial charge on any atom is -0.462 e. The zero-order valence-electron chi connectivity index (χ0n) is 25.5. The number of hydrogen-bond donors (Lipinski definition) is 3. The Hall–Kier alpha value is -1.56. The zero-order chi connectivity index (χ0) is 30.2. The van der Waals surface area contributed by atoms with Crippen molar-refractivity contribution in [3.8, 4) is 0 Å². The molecule has 3 N–H and O–H groups in total. The highest BCUT2D eigenvalue weighted by Gasteiger charge is 2.69. The fourth-order valence-electron chi connectivity index (χ4n) is 10.5. The lowest BCUT2D eigenvalue weighted by Gasteiger charge is -2.65. The number of carbonyl (C=O) groups excluding carboxylic acids is 2. The van der Waals surface area contributed by atoms with Crippen LogP contribution >= 0.6 is 0 Å². The first kappa shape index (κ1) is 30.5. The molecule has 10 nitrogen and oxygen atoms in total. The predicted octanol–water partition coefficient (Wildman–Crippen LogP) is 2.65. The second kappa shape index (κ2) is 10.8. The molecule has 2 aliphatic heterocycles. The Bertz CT molecular complexity index is 1110. The Morgan fingerprint density at radius 2 is 1.81 bits per heavy atom. The third-order valence-electron chi connectivity index (χ3n) is 12.7. The molecular weight excluding hydrogens is 544 g/mol. The number of esters is 2. The number of methoxy groups -OCH3 is 1. The number of rotatable bonds is 5. The van der Waals surface area contributed by atoms with Crippen molar-refractivity contribution in [1.29, 1.82) is 0 Å². The molecule has 10 heteroatoms. The molecule has 6 rings (SSSR count). The number of cyclic esters (lactones) is 1. The summed E-state index contributed by atoms with van der Waals surface area (Å²) >= 11 is 0. The Balaban J connectivity index is 1.24. The van der Waals surface area contributed by atoms with Crippen molar-refractivity contribution in [1.82, 2.24) is 0 Å². The highest BCUT2D eigenvalue weighted by atomic mass is 16.7. The molecule has 4 saturated carbocycles. The summed E-state index contributed by atoms with van der Waals surface area (Å²) in [6.07, 6.45) is 2.58. The van der Waals surface area contributed by atoms with Gasteiger partial charge < -0.3 is 39.0 Å². The molecule has 0 unspecified atom stereocenters. The predicted molar refractivity (Wildman–Crippen MR) is 149 cm³/mol. The van der Waals surface area contributed by atoms with Gasteiger partial charge in [0.1, 0.15) is 31.0 Å². The largest absolute Gasteiger partial charge is 0.462 e. The first-order valence-corrected chi connectivity index (χ1v) is 15.8. The van der Waals surface area contributed by atoms with Gasteiger partial charge in [-0.25, -0.2) is 4.79 Å². The van der Waals surface area contributed by atoms with Crippen molar-refractivity contribution in [3.63, 3.8) is 0 Å². The van der Waals surface area contributed by atoms with Gasteiger partial charge >= 0.3 is 11.9 Å². The molecule has 2 heterocycles. The summed E-state index contributed by atoms with van der Waals surface area (Å²) in [6.45, 7) is 7.93. The lowest BCUT2D eigenvalue weighted by Crippen LogP contribution is -2.66. The van der Waals surface area contributed by atoms with E-state index in [2.05, 4.69) is 13.8 Å².